The molecule has 0 radical (unpaired) electrons. The van der Waals surface area contributed by atoms with Gasteiger partial charge in [-0.1, -0.05) is 12.1 Å². The molecule has 0 spiro atoms. The molecule has 2 aromatic rings. The summed E-state index contributed by atoms with van der Waals surface area (Å²) in [5.41, 5.74) is 3.18. The van der Waals surface area contributed by atoms with Gasteiger partial charge in [0.05, 0.1) is 17.7 Å². The molecule has 0 aliphatic rings. The number of pyridine rings is 1. The number of halogens is 1. The fourth-order valence-corrected chi connectivity index (χ4v) is 1.74. The average molecular weight is 314 g/mol. The van der Waals surface area contributed by atoms with Crippen LogP contribution in [0, 0.1) is 5.82 Å². The molecular formula is C16H15FN4O2. The summed E-state index contributed by atoms with van der Waals surface area (Å²) < 4.78 is 13.4. The summed E-state index contributed by atoms with van der Waals surface area (Å²) >= 11 is 0. The standard InChI is InChI=1S/C16H15FN4O2/c1-11(20-21-16(23)12-5-4-8-18-10-12)9-15(22)19-14-7-3-2-6-13(14)17/h2-8,10H,9H2,1H3,(H,19,22)(H,21,23)/b20-11-. The Hall–Kier alpha value is -3.09. The molecule has 1 heterocycles. The van der Waals surface area contributed by atoms with Crippen LogP contribution in [0.4, 0.5) is 10.1 Å². The third-order valence-corrected chi connectivity index (χ3v) is 2.84. The molecule has 0 aliphatic heterocycles. The summed E-state index contributed by atoms with van der Waals surface area (Å²) in [6.07, 6.45) is 2.89. The summed E-state index contributed by atoms with van der Waals surface area (Å²) in [5, 5.41) is 6.28. The van der Waals surface area contributed by atoms with Crippen molar-refractivity contribution in [1.29, 1.82) is 0 Å². The number of hydrazone groups is 1. The van der Waals surface area contributed by atoms with Crippen LogP contribution in [0.15, 0.2) is 53.9 Å². The van der Waals surface area contributed by atoms with Crippen LogP contribution >= 0.6 is 0 Å². The van der Waals surface area contributed by atoms with Crippen molar-refractivity contribution in [1.82, 2.24) is 10.4 Å². The Morgan fingerprint density at radius 3 is 2.70 bits per heavy atom. The molecule has 0 bridgehead atoms. The highest BCUT2D eigenvalue weighted by atomic mass is 19.1. The lowest BCUT2D eigenvalue weighted by molar-refractivity contribution is -0.115. The first kappa shape index (κ1) is 16.3. The van der Waals surface area contributed by atoms with Gasteiger partial charge >= 0.3 is 0 Å². The Labute approximate surface area is 132 Å². The maximum absolute atomic E-state index is 13.4. The fraction of sp³-hybridized carbons (Fsp3) is 0.125. The van der Waals surface area contributed by atoms with Crippen LogP contribution in [0.25, 0.3) is 0 Å². The van der Waals surface area contributed by atoms with Crippen LogP contribution in [-0.4, -0.2) is 22.5 Å². The zero-order valence-electron chi connectivity index (χ0n) is 12.4. The minimum Gasteiger partial charge on any atom is -0.323 e. The Kier molecular flexibility index (Phi) is 5.51. The van der Waals surface area contributed by atoms with Gasteiger partial charge in [-0.05, 0) is 31.2 Å². The number of rotatable bonds is 5. The van der Waals surface area contributed by atoms with E-state index in [9.17, 15) is 14.0 Å². The molecule has 6 nitrogen and oxygen atoms in total. The Bertz CT molecular complexity index is 732. The van der Waals surface area contributed by atoms with Gasteiger partial charge in [-0.3, -0.25) is 14.6 Å². The number of hydrogen-bond acceptors (Lipinski definition) is 4. The highest BCUT2D eigenvalue weighted by Gasteiger charge is 2.08. The normalized spacial score (nSPS) is 11.0. The fourth-order valence-electron chi connectivity index (χ4n) is 1.74. The number of amides is 2. The monoisotopic (exact) mass is 314 g/mol. The summed E-state index contributed by atoms with van der Waals surface area (Å²) in [5.74, 6) is -1.36. The molecule has 7 heteroatoms. The molecule has 0 saturated carbocycles. The third-order valence-electron chi connectivity index (χ3n) is 2.84. The molecule has 0 saturated heterocycles. The molecule has 1 aromatic heterocycles. The Morgan fingerprint density at radius 1 is 1.22 bits per heavy atom. The third kappa shape index (κ3) is 4.99. The molecule has 23 heavy (non-hydrogen) atoms. The Balaban J connectivity index is 1.88. The van der Waals surface area contributed by atoms with E-state index in [0.29, 0.717) is 11.3 Å². The minimum atomic E-state index is -0.514. The van der Waals surface area contributed by atoms with Crippen LogP contribution < -0.4 is 10.7 Å². The van der Waals surface area contributed by atoms with Crippen LogP contribution in [0.2, 0.25) is 0 Å². The maximum atomic E-state index is 13.4. The van der Waals surface area contributed by atoms with Crippen LogP contribution in [0.3, 0.4) is 0 Å². The molecule has 0 unspecified atom stereocenters. The topological polar surface area (TPSA) is 83.5 Å². The van der Waals surface area contributed by atoms with Gasteiger partial charge < -0.3 is 5.32 Å². The Morgan fingerprint density at radius 2 is 2.00 bits per heavy atom. The number of benzene rings is 1. The number of nitrogens with one attached hydrogen (secondary N) is 2. The molecule has 0 atom stereocenters. The maximum Gasteiger partial charge on any atom is 0.272 e. The first-order chi connectivity index (χ1) is 11.1. The van der Waals surface area contributed by atoms with Gasteiger partial charge in [-0.2, -0.15) is 5.10 Å². The number of hydrogen-bond donors (Lipinski definition) is 2. The number of nitrogens with zero attached hydrogens (tertiary/aromatic N) is 2. The van der Waals surface area contributed by atoms with E-state index >= 15 is 0 Å². The summed E-state index contributed by atoms with van der Waals surface area (Å²) in [4.78, 5) is 27.4. The lowest BCUT2D eigenvalue weighted by Gasteiger charge is -2.06. The lowest BCUT2D eigenvalue weighted by atomic mass is 10.2. The lowest BCUT2D eigenvalue weighted by Crippen LogP contribution is -2.21. The van der Waals surface area contributed by atoms with Crippen molar-refractivity contribution in [2.45, 2.75) is 13.3 Å². The molecule has 2 amide bonds. The van der Waals surface area contributed by atoms with Gasteiger partial charge in [-0.25, -0.2) is 9.82 Å². The van der Waals surface area contributed by atoms with E-state index in [4.69, 9.17) is 0 Å². The molecule has 118 valence electrons. The first-order valence-electron chi connectivity index (χ1n) is 6.84. The second-order valence-electron chi connectivity index (χ2n) is 4.73. The van der Waals surface area contributed by atoms with Crippen LogP contribution in [0.5, 0.6) is 0 Å². The predicted molar refractivity (Wildman–Crippen MR) is 84.5 cm³/mol. The van der Waals surface area contributed by atoms with E-state index in [2.05, 4.69) is 20.8 Å². The number of carbonyl (C=O) groups is 2. The van der Waals surface area contributed by atoms with Crippen molar-refractivity contribution in [3.8, 4) is 0 Å². The number of para-hydroxylation sites is 1. The van der Waals surface area contributed by atoms with Crippen molar-refractivity contribution >= 4 is 23.2 Å². The van der Waals surface area contributed by atoms with Gasteiger partial charge in [0.25, 0.3) is 5.91 Å². The van der Waals surface area contributed by atoms with Crippen LogP contribution in [-0.2, 0) is 4.79 Å². The average Bonchev–Trinajstić information content (AvgIpc) is 2.55. The summed E-state index contributed by atoms with van der Waals surface area (Å²) in [6, 6.07) is 9.10. The zero-order chi connectivity index (χ0) is 16.7. The van der Waals surface area contributed by atoms with Gasteiger partial charge in [0.1, 0.15) is 5.82 Å². The van der Waals surface area contributed by atoms with Gasteiger partial charge in [0.15, 0.2) is 0 Å². The van der Waals surface area contributed by atoms with E-state index in [-0.39, 0.29) is 12.1 Å². The van der Waals surface area contributed by atoms with Crippen molar-refractivity contribution < 1.29 is 14.0 Å². The molecule has 2 rings (SSSR count). The van der Waals surface area contributed by atoms with Crippen molar-refractivity contribution in [3.63, 3.8) is 0 Å². The van der Waals surface area contributed by atoms with Crippen molar-refractivity contribution in [2.24, 2.45) is 5.10 Å². The summed E-state index contributed by atoms with van der Waals surface area (Å²) in [7, 11) is 0. The van der Waals surface area contributed by atoms with E-state index in [1.165, 1.54) is 24.4 Å². The highest BCUT2D eigenvalue weighted by molar-refractivity contribution is 6.06. The van der Waals surface area contributed by atoms with E-state index < -0.39 is 17.6 Å². The quantitative estimate of drug-likeness (QED) is 0.656. The number of aromatic nitrogens is 1. The molecular weight excluding hydrogens is 299 g/mol. The SMILES string of the molecule is C/C(CC(=O)Nc1ccccc1F)=N/NC(=O)c1cccnc1. The minimum absolute atomic E-state index is 0.0678. The predicted octanol–water partition coefficient (Wildman–Crippen LogP) is 2.36. The number of anilines is 1. The largest absolute Gasteiger partial charge is 0.323 e. The second kappa shape index (κ2) is 7.79. The van der Waals surface area contributed by atoms with Crippen molar-refractivity contribution in [3.05, 3.63) is 60.2 Å². The highest BCUT2D eigenvalue weighted by Crippen LogP contribution is 2.12. The smallest absolute Gasteiger partial charge is 0.272 e. The second-order valence-corrected chi connectivity index (χ2v) is 4.73. The molecule has 0 fully saturated rings. The number of carbonyl (C=O) groups excluding carboxylic acids is 2. The molecule has 2 N–H and O–H groups in total. The molecule has 1 aromatic carbocycles. The zero-order valence-corrected chi connectivity index (χ0v) is 12.4. The van der Waals surface area contributed by atoms with E-state index in [1.807, 2.05) is 0 Å². The first-order valence-corrected chi connectivity index (χ1v) is 6.84. The van der Waals surface area contributed by atoms with Gasteiger partial charge in [0, 0.05) is 18.1 Å². The van der Waals surface area contributed by atoms with Gasteiger partial charge in [0.2, 0.25) is 5.91 Å². The van der Waals surface area contributed by atoms with E-state index in [1.54, 1.807) is 31.3 Å². The molecule has 0 aliphatic carbocycles. The van der Waals surface area contributed by atoms with Gasteiger partial charge in [-0.15, -0.1) is 0 Å². The van der Waals surface area contributed by atoms with E-state index in [0.717, 1.165) is 0 Å². The van der Waals surface area contributed by atoms with Crippen LogP contribution in [0.1, 0.15) is 23.7 Å². The summed E-state index contributed by atoms with van der Waals surface area (Å²) in [6.45, 7) is 1.59. The van der Waals surface area contributed by atoms with Crippen molar-refractivity contribution in [2.75, 3.05) is 5.32 Å².